The number of hydrogen-bond donors (Lipinski definition) is 3. The fourth-order valence-corrected chi connectivity index (χ4v) is 0.455. The van der Waals surface area contributed by atoms with Crippen molar-refractivity contribution in [2.75, 3.05) is 27.4 Å². The van der Waals surface area contributed by atoms with E-state index in [0.717, 1.165) is 0 Å². The molecule has 0 aromatic heterocycles. The zero-order valence-corrected chi connectivity index (χ0v) is 7.06. The van der Waals surface area contributed by atoms with Crippen molar-refractivity contribution in [3.05, 3.63) is 0 Å². The first-order chi connectivity index (χ1) is 5.58. The van der Waals surface area contributed by atoms with Gasteiger partial charge in [0, 0.05) is 14.2 Å². The second-order valence-electron chi connectivity index (χ2n) is 2.08. The van der Waals surface area contributed by atoms with E-state index in [0.29, 0.717) is 0 Å². The molecule has 0 heterocycles. The minimum Gasteiger partial charge on any atom is -0.394 e. The van der Waals surface area contributed by atoms with Gasteiger partial charge < -0.3 is 29.5 Å². The van der Waals surface area contributed by atoms with E-state index in [1.807, 2.05) is 0 Å². The SMILES string of the molecule is COC(O)(OC)OCC(O)CO. The van der Waals surface area contributed by atoms with Crippen LogP contribution in [-0.2, 0) is 14.2 Å². The molecule has 1 unspecified atom stereocenters. The normalized spacial score (nSPS) is 14.8. The number of methoxy groups -OCH3 is 2. The van der Waals surface area contributed by atoms with E-state index in [9.17, 15) is 0 Å². The van der Waals surface area contributed by atoms with Crippen molar-refractivity contribution in [3.8, 4) is 0 Å². The van der Waals surface area contributed by atoms with Gasteiger partial charge in [0.05, 0.1) is 13.2 Å². The van der Waals surface area contributed by atoms with Gasteiger partial charge in [-0.05, 0) is 0 Å². The Morgan fingerprint density at radius 1 is 1.33 bits per heavy atom. The van der Waals surface area contributed by atoms with Gasteiger partial charge in [0.25, 0.3) is 0 Å². The second kappa shape index (κ2) is 5.41. The molecule has 1 atom stereocenters. The van der Waals surface area contributed by atoms with Gasteiger partial charge in [-0.3, -0.25) is 0 Å². The molecular formula is C6H14O6. The molecule has 0 saturated heterocycles. The van der Waals surface area contributed by atoms with Gasteiger partial charge in [0.15, 0.2) is 0 Å². The maximum atomic E-state index is 9.11. The Bertz CT molecular complexity index is 113. The van der Waals surface area contributed by atoms with Crippen molar-refractivity contribution in [2.45, 2.75) is 12.3 Å². The molecule has 0 amide bonds. The Kier molecular flexibility index (Phi) is 5.31. The molecule has 0 saturated carbocycles. The molecular weight excluding hydrogens is 168 g/mol. The van der Waals surface area contributed by atoms with Gasteiger partial charge in [-0.25, -0.2) is 0 Å². The molecule has 3 N–H and O–H groups in total. The van der Waals surface area contributed by atoms with E-state index in [1.165, 1.54) is 14.2 Å². The Morgan fingerprint density at radius 3 is 2.17 bits per heavy atom. The third-order valence-electron chi connectivity index (χ3n) is 1.18. The van der Waals surface area contributed by atoms with Crippen LogP contribution in [0.2, 0.25) is 0 Å². The minimum absolute atomic E-state index is 0.283. The molecule has 0 spiro atoms. The number of aliphatic hydroxyl groups is 3. The fourth-order valence-electron chi connectivity index (χ4n) is 0.455. The molecule has 0 fully saturated rings. The van der Waals surface area contributed by atoms with E-state index in [2.05, 4.69) is 14.2 Å². The first-order valence-corrected chi connectivity index (χ1v) is 3.33. The summed E-state index contributed by atoms with van der Waals surface area (Å²) < 4.78 is 13.4. The first-order valence-electron chi connectivity index (χ1n) is 3.33. The number of aliphatic hydroxyl groups excluding tert-OH is 2. The van der Waals surface area contributed by atoms with Crippen LogP contribution in [0.15, 0.2) is 0 Å². The lowest BCUT2D eigenvalue weighted by Gasteiger charge is -2.24. The van der Waals surface area contributed by atoms with Crippen molar-refractivity contribution in [3.63, 3.8) is 0 Å². The van der Waals surface area contributed by atoms with E-state index in [1.54, 1.807) is 0 Å². The molecule has 6 nitrogen and oxygen atoms in total. The molecule has 74 valence electrons. The second-order valence-corrected chi connectivity index (χ2v) is 2.08. The monoisotopic (exact) mass is 182 g/mol. The van der Waals surface area contributed by atoms with Crippen LogP contribution in [0.25, 0.3) is 0 Å². The van der Waals surface area contributed by atoms with Gasteiger partial charge in [-0.1, -0.05) is 0 Å². The largest absolute Gasteiger partial charge is 0.409 e. The van der Waals surface area contributed by atoms with Crippen LogP contribution < -0.4 is 0 Å². The zero-order chi connectivity index (χ0) is 9.61. The van der Waals surface area contributed by atoms with E-state index >= 15 is 0 Å². The van der Waals surface area contributed by atoms with Crippen molar-refractivity contribution >= 4 is 0 Å². The van der Waals surface area contributed by atoms with Gasteiger partial charge in [-0.2, -0.15) is 0 Å². The van der Waals surface area contributed by atoms with Crippen LogP contribution in [0.3, 0.4) is 0 Å². The summed E-state index contributed by atoms with van der Waals surface area (Å²) in [5, 5.41) is 26.3. The lowest BCUT2D eigenvalue weighted by atomic mass is 10.4. The third-order valence-corrected chi connectivity index (χ3v) is 1.18. The highest BCUT2D eigenvalue weighted by Gasteiger charge is 2.28. The van der Waals surface area contributed by atoms with Crippen LogP contribution in [0, 0.1) is 0 Å². The first kappa shape index (κ1) is 11.8. The van der Waals surface area contributed by atoms with Crippen molar-refractivity contribution in [1.82, 2.24) is 0 Å². The van der Waals surface area contributed by atoms with Crippen LogP contribution in [-0.4, -0.2) is 55.0 Å². The summed E-state index contributed by atoms with van der Waals surface area (Å²) in [4.78, 5) is 0. The summed E-state index contributed by atoms with van der Waals surface area (Å²) in [5.74, 6) is 0. The molecule has 0 aliphatic heterocycles. The van der Waals surface area contributed by atoms with Gasteiger partial charge in [0.1, 0.15) is 6.10 Å². The maximum absolute atomic E-state index is 9.11. The molecule has 0 aliphatic rings. The van der Waals surface area contributed by atoms with Crippen molar-refractivity contribution in [2.24, 2.45) is 0 Å². The summed E-state index contributed by atoms with van der Waals surface area (Å²) >= 11 is 0. The molecule has 0 radical (unpaired) electrons. The van der Waals surface area contributed by atoms with E-state index < -0.39 is 18.9 Å². The maximum Gasteiger partial charge on any atom is 0.409 e. The predicted octanol–water partition coefficient (Wildman–Crippen LogP) is -1.75. The topological polar surface area (TPSA) is 88.4 Å². The predicted molar refractivity (Wildman–Crippen MR) is 38.0 cm³/mol. The Hall–Kier alpha value is -0.240. The Morgan fingerprint density at radius 2 is 1.83 bits per heavy atom. The van der Waals surface area contributed by atoms with Crippen LogP contribution in [0.5, 0.6) is 0 Å². The van der Waals surface area contributed by atoms with Gasteiger partial charge in [-0.15, -0.1) is 0 Å². The van der Waals surface area contributed by atoms with Crippen LogP contribution in [0.1, 0.15) is 0 Å². The highest BCUT2D eigenvalue weighted by Crippen LogP contribution is 2.08. The molecule has 0 aliphatic carbocycles. The smallest absolute Gasteiger partial charge is 0.394 e. The summed E-state index contributed by atoms with van der Waals surface area (Å²) in [6, 6.07) is 0. The lowest BCUT2D eigenvalue weighted by Crippen LogP contribution is -2.39. The number of ether oxygens (including phenoxy) is 3. The lowest BCUT2D eigenvalue weighted by molar-refractivity contribution is -0.474. The minimum atomic E-state index is -2.16. The summed E-state index contributed by atoms with van der Waals surface area (Å²) in [6.07, 6.45) is -3.22. The van der Waals surface area contributed by atoms with E-state index in [-0.39, 0.29) is 6.61 Å². The molecule has 12 heavy (non-hydrogen) atoms. The van der Waals surface area contributed by atoms with Crippen LogP contribution in [0.4, 0.5) is 0 Å². The van der Waals surface area contributed by atoms with Crippen molar-refractivity contribution in [1.29, 1.82) is 0 Å². The Balaban J connectivity index is 3.72. The summed E-state index contributed by atoms with van der Waals surface area (Å²) in [5.41, 5.74) is 0. The number of rotatable bonds is 6. The molecule has 0 rings (SSSR count). The third kappa shape index (κ3) is 3.96. The molecule has 6 heteroatoms. The highest BCUT2D eigenvalue weighted by molar-refractivity contribution is 4.49. The van der Waals surface area contributed by atoms with E-state index in [4.69, 9.17) is 15.3 Å². The summed E-state index contributed by atoms with van der Waals surface area (Å²) in [6.45, 7) is -0.738. The summed E-state index contributed by atoms with van der Waals surface area (Å²) in [7, 11) is 2.35. The Labute approximate surface area is 70.3 Å². The fraction of sp³-hybridized carbons (Fsp3) is 1.00. The molecule has 0 aromatic rings. The quantitative estimate of drug-likeness (QED) is 0.422. The highest BCUT2D eigenvalue weighted by atomic mass is 17.0. The number of hydrogen-bond acceptors (Lipinski definition) is 6. The van der Waals surface area contributed by atoms with Gasteiger partial charge >= 0.3 is 6.16 Å². The van der Waals surface area contributed by atoms with Crippen molar-refractivity contribution < 1.29 is 29.5 Å². The average molecular weight is 182 g/mol. The standard InChI is InChI=1S/C6H14O6/c1-10-6(9,11-2)12-4-5(8)3-7/h5,7-9H,3-4H2,1-2H3. The molecule has 0 bridgehead atoms. The zero-order valence-electron chi connectivity index (χ0n) is 7.06. The van der Waals surface area contributed by atoms with Gasteiger partial charge in [0.2, 0.25) is 0 Å². The molecule has 0 aromatic carbocycles. The van der Waals surface area contributed by atoms with Crippen LogP contribution >= 0.6 is 0 Å². The average Bonchev–Trinajstić information content (AvgIpc) is 2.13.